The molecule has 0 atom stereocenters. The number of nitrogens with zero attached hydrogens (tertiary/aromatic N) is 2. The maximum Gasteiger partial charge on any atom is 0.269 e. The summed E-state index contributed by atoms with van der Waals surface area (Å²) in [5.74, 6) is 0. The van der Waals surface area contributed by atoms with Gasteiger partial charge in [0.2, 0.25) is 0 Å². The molecule has 5 heteroatoms. The molecule has 2 rings (SSSR count). The molecule has 0 amide bonds. The van der Waals surface area contributed by atoms with Gasteiger partial charge in [-0.2, -0.15) is 5.26 Å². The molecule has 90 valence electrons. The first-order chi connectivity index (χ1) is 8.60. The predicted molar refractivity (Wildman–Crippen MR) is 71.0 cm³/mol. The lowest BCUT2D eigenvalue weighted by molar-refractivity contribution is 0.760. The first-order valence-corrected chi connectivity index (χ1v) is 5.90. The maximum absolute atomic E-state index is 11.8. The molecule has 1 aromatic carbocycles. The third kappa shape index (κ3) is 2.73. The van der Waals surface area contributed by atoms with E-state index in [0.29, 0.717) is 17.1 Å². The molecule has 0 aliphatic rings. The van der Waals surface area contributed by atoms with E-state index in [4.69, 9.17) is 28.5 Å². The van der Waals surface area contributed by atoms with Crippen molar-refractivity contribution in [3.63, 3.8) is 0 Å². The van der Waals surface area contributed by atoms with Crippen molar-refractivity contribution in [1.82, 2.24) is 4.57 Å². The zero-order chi connectivity index (χ0) is 13.1. The van der Waals surface area contributed by atoms with Crippen molar-refractivity contribution in [2.45, 2.75) is 6.54 Å². The summed E-state index contributed by atoms with van der Waals surface area (Å²) in [5.41, 5.74) is 1.19. The molecule has 0 fully saturated rings. The van der Waals surface area contributed by atoms with Crippen molar-refractivity contribution >= 4 is 23.2 Å². The molecule has 2 aromatic rings. The molecule has 3 nitrogen and oxygen atoms in total. The zero-order valence-corrected chi connectivity index (χ0v) is 10.7. The summed E-state index contributed by atoms with van der Waals surface area (Å²) in [6.07, 6.45) is 1.54. The Morgan fingerprint density at radius 1 is 1.22 bits per heavy atom. The summed E-state index contributed by atoms with van der Waals surface area (Å²) in [7, 11) is 0. The minimum Gasteiger partial charge on any atom is -0.308 e. The van der Waals surface area contributed by atoms with Gasteiger partial charge in [0, 0.05) is 6.20 Å². The lowest BCUT2D eigenvalue weighted by Crippen LogP contribution is -2.20. The first-order valence-electron chi connectivity index (χ1n) is 5.14. The number of benzene rings is 1. The summed E-state index contributed by atoms with van der Waals surface area (Å²) in [6.45, 7) is 0.366. The third-order valence-corrected chi connectivity index (χ3v) is 2.92. The summed E-state index contributed by atoms with van der Waals surface area (Å²) >= 11 is 11.6. The summed E-state index contributed by atoms with van der Waals surface area (Å²) in [5, 5.41) is 9.20. The minimum atomic E-state index is -0.287. The molecule has 0 bridgehead atoms. The Kier molecular flexibility index (Phi) is 3.71. The molecule has 0 saturated carbocycles. The quantitative estimate of drug-likeness (QED) is 0.848. The number of rotatable bonds is 2. The number of pyridine rings is 1. The maximum atomic E-state index is 11.8. The number of aromatic nitrogens is 1. The van der Waals surface area contributed by atoms with Gasteiger partial charge in [0.25, 0.3) is 5.56 Å². The Bertz CT molecular complexity index is 669. The molecule has 18 heavy (non-hydrogen) atoms. The van der Waals surface area contributed by atoms with Gasteiger partial charge in [0.05, 0.1) is 23.2 Å². The fraction of sp³-hybridized carbons (Fsp3) is 0.0769. The minimum absolute atomic E-state index is 0.0937. The second-order valence-electron chi connectivity index (χ2n) is 3.75. The first kappa shape index (κ1) is 12.7. The van der Waals surface area contributed by atoms with Crippen molar-refractivity contribution in [3.05, 3.63) is 68.1 Å². The van der Waals surface area contributed by atoms with E-state index in [0.717, 1.165) is 5.56 Å². The van der Waals surface area contributed by atoms with Crippen molar-refractivity contribution in [2.75, 3.05) is 0 Å². The highest BCUT2D eigenvalue weighted by Crippen LogP contribution is 2.12. The van der Waals surface area contributed by atoms with Crippen LogP contribution in [0.5, 0.6) is 0 Å². The average molecular weight is 279 g/mol. The Balaban J connectivity index is 2.34. The van der Waals surface area contributed by atoms with Gasteiger partial charge in [-0.05, 0) is 23.8 Å². The lowest BCUT2D eigenvalue weighted by atomic mass is 10.1. The third-order valence-electron chi connectivity index (χ3n) is 2.44. The van der Waals surface area contributed by atoms with Crippen LogP contribution in [0.4, 0.5) is 0 Å². The highest BCUT2D eigenvalue weighted by atomic mass is 35.5. The van der Waals surface area contributed by atoms with Crippen LogP contribution in [-0.4, -0.2) is 4.57 Å². The topological polar surface area (TPSA) is 45.8 Å². The van der Waals surface area contributed by atoms with Crippen LogP contribution in [0, 0.1) is 11.3 Å². The highest BCUT2D eigenvalue weighted by Gasteiger charge is 2.04. The Hall–Kier alpha value is -1.76. The van der Waals surface area contributed by atoms with E-state index >= 15 is 0 Å². The van der Waals surface area contributed by atoms with Crippen LogP contribution in [0.2, 0.25) is 10.0 Å². The van der Waals surface area contributed by atoms with Gasteiger partial charge < -0.3 is 4.57 Å². The molecular formula is C13H8Cl2N2O. The molecule has 0 unspecified atom stereocenters. The van der Waals surface area contributed by atoms with Crippen LogP contribution >= 0.6 is 23.2 Å². The van der Waals surface area contributed by atoms with Crippen LogP contribution in [0.1, 0.15) is 11.1 Å². The van der Waals surface area contributed by atoms with Crippen LogP contribution in [-0.2, 0) is 6.54 Å². The van der Waals surface area contributed by atoms with Crippen molar-refractivity contribution in [1.29, 1.82) is 5.26 Å². The van der Waals surface area contributed by atoms with Gasteiger partial charge in [0.1, 0.15) is 5.02 Å². The van der Waals surface area contributed by atoms with Gasteiger partial charge in [-0.3, -0.25) is 4.79 Å². The molecule has 1 aromatic heterocycles. The van der Waals surface area contributed by atoms with Crippen molar-refractivity contribution in [3.8, 4) is 6.07 Å². The molecular weight excluding hydrogens is 271 g/mol. The number of halogens is 2. The molecule has 0 aliphatic heterocycles. The van der Waals surface area contributed by atoms with Gasteiger partial charge in [-0.1, -0.05) is 35.3 Å². The zero-order valence-electron chi connectivity index (χ0n) is 9.23. The number of hydrogen-bond acceptors (Lipinski definition) is 2. The van der Waals surface area contributed by atoms with Gasteiger partial charge in [-0.15, -0.1) is 0 Å². The molecule has 1 heterocycles. The van der Waals surface area contributed by atoms with Crippen LogP contribution < -0.4 is 5.56 Å². The summed E-state index contributed by atoms with van der Waals surface area (Å²) in [6, 6.07) is 10.4. The normalized spacial score (nSPS) is 10.1. The van der Waals surface area contributed by atoms with Crippen LogP contribution in [0.15, 0.2) is 41.3 Å². The van der Waals surface area contributed by atoms with Crippen LogP contribution in [0.3, 0.4) is 0 Å². The Labute approximate surface area is 114 Å². The lowest BCUT2D eigenvalue weighted by Gasteiger charge is -2.07. The van der Waals surface area contributed by atoms with E-state index in [1.807, 2.05) is 6.07 Å². The molecule has 0 saturated heterocycles. The van der Waals surface area contributed by atoms with Gasteiger partial charge >= 0.3 is 0 Å². The van der Waals surface area contributed by atoms with Crippen molar-refractivity contribution in [2.24, 2.45) is 0 Å². The largest absolute Gasteiger partial charge is 0.308 e. The Morgan fingerprint density at radius 3 is 2.50 bits per heavy atom. The number of hydrogen-bond donors (Lipinski definition) is 0. The standard InChI is InChI=1S/C13H8Cl2N2O/c14-11-5-12(15)13(18)17(8-11)7-10-3-1-9(6-16)2-4-10/h1-5,8H,7H2. The monoisotopic (exact) mass is 278 g/mol. The SMILES string of the molecule is N#Cc1ccc(Cn2cc(Cl)cc(Cl)c2=O)cc1. The van der Waals surface area contributed by atoms with E-state index in [2.05, 4.69) is 0 Å². The molecule has 0 radical (unpaired) electrons. The summed E-state index contributed by atoms with van der Waals surface area (Å²) < 4.78 is 1.44. The van der Waals surface area contributed by atoms with Crippen molar-refractivity contribution < 1.29 is 0 Å². The second-order valence-corrected chi connectivity index (χ2v) is 4.59. The van der Waals surface area contributed by atoms with Gasteiger partial charge in [0.15, 0.2) is 0 Å². The van der Waals surface area contributed by atoms with E-state index in [1.165, 1.54) is 16.8 Å². The molecule has 0 spiro atoms. The highest BCUT2D eigenvalue weighted by molar-refractivity contribution is 6.34. The van der Waals surface area contributed by atoms with E-state index in [9.17, 15) is 4.79 Å². The van der Waals surface area contributed by atoms with E-state index in [1.54, 1.807) is 24.3 Å². The smallest absolute Gasteiger partial charge is 0.269 e. The molecule has 0 aliphatic carbocycles. The fourth-order valence-electron chi connectivity index (χ4n) is 1.56. The average Bonchev–Trinajstić information content (AvgIpc) is 2.36. The van der Waals surface area contributed by atoms with Crippen LogP contribution in [0.25, 0.3) is 0 Å². The second kappa shape index (κ2) is 5.26. The Morgan fingerprint density at radius 2 is 1.89 bits per heavy atom. The van der Waals surface area contributed by atoms with E-state index < -0.39 is 0 Å². The van der Waals surface area contributed by atoms with E-state index in [-0.39, 0.29) is 10.6 Å². The summed E-state index contributed by atoms with van der Waals surface area (Å²) in [4.78, 5) is 11.8. The van der Waals surface area contributed by atoms with Gasteiger partial charge in [-0.25, -0.2) is 0 Å². The fourth-order valence-corrected chi connectivity index (χ4v) is 2.07. The predicted octanol–water partition coefficient (Wildman–Crippen LogP) is 3.08. The molecule has 0 N–H and O–H groups in total. The number of nitriles is 1.